The van der Waals surface area contributed by atoms with Gasteiger partial charge in [-0.1, -0.05) is 41.4 Å². The van der Waals surface area contributed by atoms with Gasteiger partial charge in [-0.3, -0.25) is 34.8 Å². The summed E-state index contributed by atoms with van der Waals surface area (Å²) in [6.45, 7) is -0.888. The van der Waals surface area contributed by atoms with Gasteiger partial charge in [0, 0.05) is 10.4 Å². The average Bonchev–Trinajstić information content (AvgIpc) is 2.80. The van der Waals surface area contributed by atoms with Crippen LogP contribution in [-0.2, 0) is 9.59 Å². The van der Waals surface area contributed by atoms with E-state index in [0.29, 0.717) is 10.4 Å². The number of aromatic amines is 1. The number of carbonyl (C=O) groups excluding carboxylic acids is 4. The van der Waals surface area contributed by atoms with Crippen molar-refractivity contribution < 1.29 is 19.2 Å². The van der Waals surface area contributed by atoms with Crippen LogP contribution in [0.25, 0.3) is 10.8 Å². The summed E-state index contributed by atoms with van der Waals surface area (Å²) in [5.74, 6) is -2.75. The molecule has 0 bridgehead atoms. The summed E-state index contributed by atoms with van der Waals surface area (Å²) in [5.41, 5.74) is 3.84. The van der Waals surface area contributed by atoms with Crippen LogP contribution >= 0.6 is 23.2 Å². The van der Waals surface area contributed by atoms with E-state index in [-0.39, 0.29) is 21.7 Å². The van der Waals surface area contributed by atoms with Crippen molar-refractivity contribution in [3.63, 3.8) is 0 Å². The van der Waals surface area contributed by atoms with Crippen molar-refractivity contribution in [3.8, 4) is 0 Å². The lowest BCUT2D eigenvalue weighted by Gasteiger charge is -2.10. The van der Waals surface area contributed by atoms with Crippen molar-refractivity contribution in [2.75, 3.05) is 13.1 Å². The molecule has 0 saturated heterocycles. The lowest BCUT2D eigenvalue weighted by atomic mass is 10.1. The van der Waals surface area contributed by atoms with Gasteiger partial charge in [0.15, 0.2) is 5.69 Å². The van der Waals surface area contributed by atoms with Crippen LogP contribution in [0.15, 0.2) is 47.3 Å². The number of nitrogens with one attached hydrogen (secondary N) is 5. The summed E-state index contributed by atoms with van der Waals surface area (Å²) in [6, 6.07) is 10.6. The molecule has 0 aliphatic rings. The Morgan fingerprint density at radius 3 is 2.27 bits per heavy atom. The number of hydrogen-bond donors (Lipinski definition) is 5. The van der Waals surface area contributed by atoms with E-state index in [1.165, 1.54) is 24.3 Å². The normalized spacial score (nSPS) is 10.4. The van der Waals surface area contributed by atoms with Crippen molar-refractivity contribution in [1.29, 1.82) is 0 Å². The smallest absolute Gasteiger partial charge is 0.290 e. The molecule has 0 radical (unpaired) electrons. The van der Waals surface area contributed by atoms with Crippen LogP contribution < -0.4 is 27.0 Å². The van der Waals surface area contributed by atoms with Gasteiger partial charge in [0.2, 0.25) is 5.91 Å². The molecule has 1 aromatic heterocycles. The highest BCUT2D eigenvalue weighted by Crippen LogP contribution is 2.20. The minimum Gasteiger partial charge on any atom is -0.345 e. The predicted molar refractivity (Wildman–Crippen MR) is 120 cm³/mol. The summed E-state index contributed by atoms with van der Waals surface area (Å²) >= 11 is 11.7. The standard InChI is InChI=1S/C20H16Cl2N6O5/c21-10-5-6-13(14(22)7-10)18(31)24-8-15(29)23-9-16(30)25-28-20(33)17-11-3-1-2-4-12(11)19(32)27-26-17/h1-7H,8-9H2,(H,23,29)(H,24,31)(H,25,30)(H,27,32)(H,28,33). The van der Waals surface area contributed by atoms with Crippen molar-refractivity contribution in [1.82, 2.24) is 31.7 Å². The second kappa shape index (κ2) is 10.6. The molecule has 11 nitrogen and oxygen atoms in total. The Labute approximate surface area is 195 Å². The maximum Gasteiger partial charge on any atom is 0.290 e. The Bertz CT molecular complexity index is 1310. The number of H-pyrrole nitrogens is 1. The number of benzene rings is 2. The molecule has 5 N–H and O–H groups in total. The average molecular weight is 491 g/mol. The van der Waals surface area contributed by atoms with Gasteiger partial charge in [0.05, 0.1) is 29.1 Å². The van der Waals surface area contributed by atoms with Crippen LogP contribution in [0.4, 0.5) is 0 Å². The molecule has 1 heterocycles. The third-order valence-electron chi connectivity index (χ3n) is 4.26. The van der Waals surface area contributed by atoms with Crippen LogP contribution in [-0.4, -0.2) is 46.9 Å². The first kappa shape index (κ1) is 23.7. The molecule has 0 aliphatic carbocycles. The number of fused-ring (bicyclic) bond motifs is 1. The Balaban J connectivity index is 1.45. The van der Waals surface area contributed by atoms with Gasteiger partial charge in [-0.2, -0.15) is 5.10 Å². The van der Waals surface area contributed by atoms with Crippen LogP contribution in [0, 0.1) is 0 Å². The Morgan fingerprint density at radius 2 is 1.55 bits per heavy atom. The summed E-state index contributed by atoms with van der Waals surface area (Å²) in [7, 11) is 0. The van der Waals surface area contributed by atoms with E-state index in [0.717, 1.165) is 0 Å². The predicted octanol–water partition coefficient (Wildman–Crippen LogP) is 0.537. The molecule has 3 rings (SSSR count). The molecular weight excluding hydrogens is 475 g/mol. The van der Waals surface area contributed by atoms with Gasteiger partial charge in [0.1, 0.15) is 0 Å². The number of aromatic nitrogens is 2. The van der Waals surface area contributed by atoms with E-state index in [1.807, 2.05) is 0 Å². The Morgan fingerprint density at radius 1 is 0.848 bits per heavy atom. The van der Waals surface area contributed by atoms with Crippen molar-refractivity contribution in [3.05, 3.63) is 74.1 Å². The Kier molecular flexibility index (Phi) is 7.59. The zero-order valence-corrected chi connectivity index (χ0v) is 18.2. The van der Waals surface area contributed by atoms with Gasteiger partial charge in [-0.05, 0) is 24.3 Å². The number of carbonyl (C=O) groups is 4. The maximum atomic E-state index is 12.3. The first-order valence-corrected chi connectivity index (χ1v) is 10.1. The molecule has 170 valence electrons. The van der Waals surface area contributed by atoms with Crippen molar-refractivity contribution in [2.24, 2.45) is 0 Å². The van der Waals surface area contributed by atoms with Crippen molar-refractivity contribution >= 4 is 57.6 Å². The zero-order chi connectivity index (χ0) is 24.0. The molecule has 33 heavy (non-hydrogen) atoms. The zero-order valence-electron chi connectivity index (χ0n) is 16.7. The molecule has 0 atom stereocenters. The fourth-order valence-corrected chi connectivity index (χ4v) is 3.18. The van der Waals surface area contributed by atoms with E-state index in [9.17, 15) is 24.0 Å². The second-order valence-electron chi connectivity index (χ2n) is 6.53. The van der Waals surface area contributed by atoms with Gasteiger partial charge in [-0.15, -0.1) is 0 Å². The van der Waals surface area contributed by atoms with Crippen LogP contribution in [0.1, 0.15) is 20.8 Å². The minimum absolute atomic E-state index is 0.0990. The third kappa shape index (κ3) is 6.05. The quantitative estimate of drug-likeness (QED) is 0.316. The first-order valence-electron chi connectivity index (χ1n) is 9.33. The van der Waals surface area contributed by atoms with E-state index in [1.54, 1.807) is 18.2 Å². The number of hydrogen-bond acceptors (Lipinski definition) is 6. The number of nitrogens with zero attached hydrogens (tertiary/aromatic N) is 1. The van der Waals surface area contributed by atoms with E-state index < -0.39 is 42.3 Å². The fraction of sp³-hybridized carbons (Fsp3) is 0.100. The van der Waals surface area contributed by atoms with E-state index in [2.05, 4.69) is 31.7 Å². The fourth-order valence-electron chi connectivity index (χ4n) is 2.69. The van der Waals surface area contributed by atoms with E-state index in [4.69, 9.17) is 23.2 Å². The topological polar surface area (TPSA) is 162 Å². The van der Waals surface area contributed by atoms with Gasteiger partial charge >= 0.3 is 0 Å². The first-order chi connectivity index (χ1) is 15.8. The number of hydrazine groups is 1. The molecule has 0 fully saturated rings. The molecule has 0 spiro atoms. The molecule has 3 aromatic rings. The van der Waals surface area contributed by atoms with Gasteiger partial charge in [-0.25, -0.2) is 5.10 Å². The molecule has 4 amide bonds. The SMILES string of the molecule is O=C(CNC(=O)c1ccc(Cl)cc1Cl)NCC(=O)NNC(=O)c1n[nH]c(=O)c2ccccc12. The highest BCUT2D eigenvalue weighted by Gasteiger charge is 2.15. The van der Waals surface area contributed by atoms with Crippen molar-refractivity contribution in [2.45, 2.75) is 0 Å². The molecule has 0 saturated carbocycles. The number of rotatable bonds is 6. The summed E-state index contributed by atoms with van der Waals surface area (Å²) in [4.78, 5) is 59.9. The highest BCUT2D eigenvalue weighted by atomic mass is 35.5. The van der Waals surface area contributed by atoms with Gasteiger partial charge in [0.25, 0.3) is 23.3 Å². The summed E-state index contributed by atoms with van der Waals surface area (Å²) in [6.07, 6.45) is 0. The molecule has 13 heteroatoms. The van der Waals surface area contributed by atoms with Crippen LogP contribution in [0.3, 0.4) is 0 Å². The largest absolute Gasteiger partial charge is 0.345 e. The lowest BCUT2D eigenvalue weighted by Crippen LogP contribution is -2.48. The van der Waals surface area contributed by atoms with E-state index >= 15 is 0 Å². The maximum absolute atomic E-state index is 12.3. The highest BCUT2D eigenvalue weighted by molar-refractivity contribution is 6.36. The monoisotopic (exact) mass is 490 g/mol. The summed E-state index contributed by atoms with van der Waals surface area (Å²) in [5, 5.41) is 11.6. The van der Waals surface area contributed by atoms with Gasteiger partial charge < -0.3 is 10.6 Å². The number of amides is 4. The molecular formula is C20H16Cl2N6O5. The second-order valence-corrected chi connectivity index (χ2v) is 7.38. The lowest BCUT2D eigenvalue weighted by molar-refractivity contribution is -0.125. The Hall–Kier alpha value is -3.96. The molecule has 0 aliphatic heterocycles. The minimum atomic E-state index is -0.769. The third-order valence-corrected chi connectivity index (χ3v) is 4.81. The molecule has 2 aromatic carbocycles. The van der Waals surface area contributed by atoms with Crippen LogP contribution in [0.5, 0.6) is 0 Å². The molecule has 0 unspecified atom stereocenters. The number of halogens is 2. The summed E-state index contributed by atoms with van der Waals surface area (Å²) < 4.78 is 0. The van der Waals surface area contributed by atoms with Crippen LogP contribution in [0.2, 0.25) is 10.0 Å².